The number of furan rings is 1. The van der Waals surface area contributed by atoms with Crippen LogP contribution in [0.5, 0.6) is 11.5 Å². The van der Waals surface area contributed by atoms with E-state index in [1.807, 2.05) is 47.9 Å². The van der Waals surface area contributed by atoms with Gasteiger partial charge >= 0.3 is 0 Å². The summed E-state index contributed by atoms with van der Waals surface area (Å²) in [7, 11) is 3.10. The quantitative estimate of drug-likeness (QED) is 0.290. The lowest BCUT2D eigenvalue weighted by molar-refractivity contribution is 0.101. The Labute approximate surface area is 184 Å². The van der Waals surface area contributed by atoms with E-state index in [-0.39, 0.29) is 11.5 Å². The summed E-state index contributed by atoms with van der Waals surface area (Å²) in [6, 6.07) is 16.8. The molecule has 8 heteroatoms. The van der Waals surface area contributed by atoms with Crippen LogP contribution in [0.2, 0.25) is 0 Å². The van der Waals surface area contributed by atoms with E-state index in [2.05, 4.69) is 10.2 Å². The van der Waals surface area contributed by atoms with Gasteiger partial charge in [0.1, 0.15) is 17.3 Å². The maximum Gasteiger partial charge on any atom is 0.196 e. The minimum atomic E-state index is -0.0931. The molecule has 158 valence electrons. The van der Waals surface area contributed by atoms with Crippen molar-refractivity contribution in [2.45, 2.75) is 12.1 Å². The van der Waals surface area contributed by atoms with Gasteiger partial charge in [-0.05, 0) is 43.3 Å². The zero-order chi connectivity index (χ0) is 21.8. The summed E-state index contributed by atoms with van der Waals surface area (Å²) in [5.41, 5.74) is 2.21. The molecule has 0 aliphatic carbocycles. The van der Waals surface area contributed by atoms with Gasteiger partial charge in [0.25, 0.3) is 0 Å². The molecule has 0 saturated carbocycles. The lowest BCUT2D eigenvalue weighted by Crippen LogP contribution is -2.07. The van der Waals surface area contributed by atoms with Crippen molar-refractivity contribution in [3.05, 3.63) is 72.2 Å². The standard InChI is InChI=1S/C23H21N3O4S/c1-15-18(11-12-30-15)22-24-25-23(26(22)16-7-5-4-6-8-16)31-14-20(27)19-13-17(28-2)9-10-21(19)29-3/h4-13H,14H2,1-3H3. The van der Waals surface area contributed by atoms with E-state index in [1.165, 1.54) is 18.9 Å². The number of benzene rings is 2. The number of Topliss-reactive ketones (excluding diaryl/α,β-unsaturated/α-hetero) is 1. The van der Waals surface area contributed by atoms with Crippen LogP contribution in [0.3, 0.4) is 0 Å². The minimum absolute atomic E-state index is 0.0931. The van der Waals surface area contributed by atoms with Crippen LogP contribution >= 0.6 is 11.8 Å². The van der Waals surface area contributed by atoms with Gasteiger partial charge in [-0.1, -0.05) is 30.0 Å². The molecule has 0 spiro atoms. The van der Waals surface area contributed by atoms with E-state index in [0.717, 1.165) is 17.0 Å². The number of methoxy groups -OCH3 is 2. The molecule has 7 nitrogen and oxygen atoms in total. The lowest BCUT2D eigenvalue weighted by Gasteiger charge is -2.11. The third kappa shape index (κ3) is 4.20. The van der Waals surface area contributed by atoms with E-state index in [9.17, 15) is 4.79 Å². The van der Waals surface area contributed by atoms with Crippen molar-refractivity contribution in [2.75, 3.05) is 20.0 Å². The monoisotopic (exact) mass is 435 g/mol. The molecule has 0 bridgehead atoms. The molecule has 2 aromatic heterocycles. The predicted octanol–water partition coefficient (Wildman–Crippen LogP) is 4.83. The Morgan fingerprint density at radius 1 is 1.06 bits per heavy atom. The Bertz CT molecular complexity index is 1200. The van der Waals surface area contributed by atoms with Gasteiger partial charge in [-0.3, -0.25) is 9.36 Å². The second kappa shape index (κ2) is 9.09. The molecule has 0 aliphatic heterocycles. The first-order chi connectivity index (χ1) is 15.1. The molecule has 0 unspecified atom stereocenters. The summed E-state index contributed by atoms with van der Waals surface area (Å²) in [4.78, 5) is 13.0. The molecule has 0 atom stereocenters. The van der Waals surface area contributed by atoms with Crippen LogP contribution in [0, 0.1) is 6.92 Å². The van der Waals surface area contributed by atoms with Crippen molar-refractivity contribution >= 4 is 17.5 Å². The number of nitrogens with zero attached hydrogens (tertiary/aromatic N) is 3. The highest BCUT2D eigenvalue weighted by Gasteiger charge is 2.21. The van der Waals surface area contributed by atoms with Gasteiger partial charge in [0.05, 0.1) is 37.4 Å². The maximum absolute atomic E-state index is 13.0. The van der Waals surface area contributed by atoms with E-state index >= 15 is 0 Å². The number of ketones is 1. The zero-order valence-electron chi connectivity index (χ0n) is 17.4. The summed E-state index contributed by atoms with van der Waals surface area (Å²) < 4.78 is 18.0. The molecule has 31 heavy (non-hydrogen) atoms. The van der Waals surface area contributed by atoms with Crippen molar-refractivity contribution < 1.29 is 18.7 Å². The first-order valence-corrected chi connectivity index (χ1v) is 10.5. The second-order valence-corrected chi connectivity index (χ2v) is 7.59. The van der Waals surface area contributed by atoms with Gasteiger partial charge in [0.2, 0.25) is 0 Å². The first-order valence-electron chi connectivity index (χ1n) is 9.55. The van der Waals surface area contributed by atoms with Crippen molar-refractivity contribution in [1.82, 2.24) is 14.8 Å². The van der Waals surface area contributed by atoms with Crippen LogP contribution in [-0.2, 0) is 0 Å². The van der Waals surface area contributed by atoms with Gasteiger partial charge in [-0.15, -0.1) is 10.2 Å². The Balaban J connectivity index is 1.66. The van der Waals surface area contributed by atoms with Gasteiger partial charge in [-0.2, -0.15) is 0 Å². The number of para-hydroxylation sites is 1. The van der Waals surface area contributed by atoms with Gasteiger partial charge in [0.15, 0.2) is 16.8 Å². The van der Waals surface area contributed by atoms with E-state index in [0.29, 0.717) is 28.0 Å². The number of thioether (sulfide) groups is 1. The maximum atomic E-state index is 13.0. The van der Waals surface area contributed by atoms with Gasteiger partial charge in [-0.25, -0.2) is 0 Å². The average molecular weight is 436 g/mol. The SMILES string of the molecule is COc1ccc(OC)c(C(=O)CSc2nnc(-c3ccoc3C)n2-c2ccccc2)c1. The molecule has 4 aromatic rings. The lowest BCUT2D eigenvalue weighted by atomic mass is 10.1. The number of aromatic nitrogens is 3. The van der Waals surface area contributed by atoms with Gasteiger partial charge in [0, 0.05) is 5.69 Å². The van der Waals surface area contributed by atoms with Gasteiger partial charge < -0.3 is 13.9 Å². The number of carbonyl (C=O) groups excluding carboxylic acids is 1. The molecule has 0 aliphatic rings. The van der Waals surface area contributed by atoms with Crippen molar-refractivity contribution in [3.63, 3.8) is 0 Å². The highest BCUT2D eigenvalue weighted by atomic mass is 32.2. The normalized spacial score (nSPS) is 10.8. The predicted molar refractivity (Wildman–Crippen MR) is 118 cm³/mol. The molecule has 0 radical (unpaired) electrons. The smallest absolute Gasteiger partial charge is 0.196 e. The van der Waals surface area contributed by atoms with E-state index in [1.54, 1.807) is 31.6 Å². The first kappa shape index (κ1) is 20.7. The Kier molecular flexibility index (Phi) is 6.08. The number of hydrogen-bond donors (Lipinski definition) is 0. The Morgan fingerprint density at radius 3 is 2.55 bits per heavy atom. The minimum Gasteiger partial charge on any atom is -0.497 e. The van der Waals surface area contributed by atoms with Crippen LogP contribution in [0.4, 0.5) is 0 Å². The van der Waals surface area contributed by atoms with Crippen LogP contribution in [-0.4, -0.2) is 40.5 Å². The number of aryl methyl sites for hydroxylation is 1. The fourth-order valence-electron chi connectivity index (χ4n) is 3.20. The second-order valence-electron chi connectivity index (χ2n) is 6.65. The summed E-state index contributed by atoms with van der Waals surface area (Å²) in [6.07, 6.45) is 1.63. The van der Waals surface area contributed by atoms with Crippen LogP contribution in [0.25, 0.3) is 17.1 Å². The fraction of sp³-hybridized carbons (Fsp3) is 0.174. The molecular weight excluding hydrogens is 414 g/mol. The number of ether oxygens (including phenoxy) is 2. The molecule has 0 N–H and O–H groups in total. The van der Waals surface area contributed by atoms with E-state index in [4.69, 9.17) is 13.9 Å². The molecule has 0 amide bonds. The Morgan fingerprint density at radius 2 is 1.87 bits per heavy atom. The molecule has 2 heterocycles. The third-order valence-electron chi connectivity index (χ3n) is 4.79. The summed E-state index contributed by atoms with van der Waals surface area (Å²) >= 11 is 1.31. The van der Waals surface area contributed by atoms with Crippen LogP contribution < -0.4 is 9.47 Å². The van der Waals surface area contributed by atoms with Crippen molar-refractivity contribution in [2.24, 2.45) is 0 Å². The highest BCUT2D eigenvalue weighted by Crippen LogP contribution is 2.31. The topological polar surface area (TPSA) is 79.4 Å². The summed E-state index contributed by atoms with van der Waals surface area (Å²) in [6.45, 7) is 1.88. The molecular formula is C23H21N3O4S. The zero-order valence-corrected chi connectivity index (χ0v) is 18.2. The summed E-state index contributed by atoms with van der Waals surface area (Å²) in [5.74, 6) is 2.58. The van der Waals surface area contributed by atoms with E-state index < -0.39 is 0 Å². The average Bonchev–Trinajstić information content (AvgIpc) is 3.43. The fourth-order valence-corrected chi connectivity index (χ4v) is 4.04. The van der Waals surface area contributed by atoms with Crippen LogP contribution in [0.1, 0.15) is 16.1 Å². The number of carbonyl (C=O) groups is 1. The molecule has 2 aromatic carbocycles. The van der Waals surface area contributed by atoms with Crippen LogP contribution in [0.15, 0.2) is 70.4 Å². The molecule has 0 fully saturated rings. The van der Waals surface area contributed by atoms with Crippen molar-refractivity contribution in [3.8, 4) is 28.6 Å². The number of hydrogen-bond acceptors (Lipinski definition) is 7. The Hall–Kier alpha value is -3.52. The summed E-state index contributed by atoms with van der Waals surface area (Å²) in [5, 5.41) is 9.35. The van der Waals surface area contributed by atoms with Crippen molar-refractivity contribution in [1.29, 1.82) is 0 Å². The number of rotatable bonds is 8. The molecule has 4 rings (SSSR count). The third-order valence-corrected chi connectivity index (χ3v) is 5.72. The largest absolute Gasteiger partial charge is 0.497 e. The molecule has 0 saturated heterocycles. The highest BCUT2D eigenvalue weighted by molar-refractivity contribution is 7.99.